The quantitative estimate of drug-likeness (QED) is 0.302. The van der Waals surface area contributed by atoms with E-state index >= 15 is 0 Å². The molecule has 0 aliphatic heterocycles. The van der Waals surface area contributed by atoms with Crippen LogP contribution in [0, 0.1) is 5.82 Å². The Balaban J connectivity index is 2.45. The van der Waals surface area contributed by atoms with Gasteiger partial charge in [0.25, 0.3) is 0 Å². The molecule has 1 atom stereocenters. The van der Waals surface area contributed by atoms with Crippen molar-refractivity contribution in [2.75, 3.05) is 0 Å². The molecule has 7 heteroatoms. The average molecular weight is 402 g/mol. The summed E-state index contributed by atoms with van der Waals surface area (Å²) < 4.78 is 52.3. The molecule has 0 saturated heterocycles. The fraction of sp³-hybridized carbons (Fsp3) is 0.143. The lowest BCUT2D eigenvalue weighted by Gasteiger charge is -2.14. The Morgan fingerprint density at radius 3 is 2.38 bits per heavy atom. The van der Waals surface area contributed by atoms with Crippen LogP contribution in [0.15, 0.2) is 40.9 Å². The van der Waals surface area contributed by atoms with Crippen molar-refractivity contribution in [3.05, 3.63) is 68.4 Å². The Bertz CT molecular complexity index is 671. The monoisotopic (exact) mass is 400 g/mol. The molecule has 1 unspecified atom stereocenters. The van der Waals surface area contributed by atoms with E-state index in [9.17, 15) is 17.6 Å². The van der Waals surface area contributed by atoms with Gasteiger partial charge < -0.3 is 0 Å². The van der Waals surface area contributed by atoms with Gasteiger partial charge in [0.1, 0.15) is 5.82 Å². The molecule has 21 heavy (non-hydrogen) atoms. The lowest BCUT2D eigenvalue weighted by molar-refractivity contribution is -0.137. The van der Waals surface area contributed by atoms with Crippen LogP contribution in [0.3, 0.4) is 0 Å². The first-order valence-electron chi connectivity index (χ1n) is 5.66. The van der Waals surface area contributed by atoms with Gasteiger partial charge in [-0.25, -0.2) is 4.39 Å². The molecule has 0 heterocycles. The molecule has 2 aromatic carbocycles. The highest BCUT2D eigenvalue weighted by Gasteiger charge is 2.31. The molecule has 2 rings (SSSR count). The number of alkyl halides is 4. The molecule has 112 valence electrons. The summed E-state index contributed by atoms with van der Waals surface area (Å²) in [5, 5.41) is -0.845. The van der Waals surface area contributed by atoms with Crippen molar-refractivity contribution in [3.63, 3.8) is 0 Å². The molecule has 0 fully saturated rings. The van der Waals surface area contributed by atoms with Gasteiger partial charge in [-0.05, 0) is 45.8 Å². The molecule has 0 N–H and O–H groups in total. The Morgan fingerprint density at radius 1 is 1.10 bits per heavy atom. The van der Waals surface area contributed by atoms with Crippen molar-refractivity contribution < 1.29 is 17.6 Å². The van der Waals surface area contributed by atoms with Crippen LogP contribution in [0.1, 0.15) is 22.1 Å². The second kappa shape index (κ2) is 6.15. The van der Waals surface area contributed by atoms with E-state index in [2.05, 4.69) is 15.9 Å². The van der Waals surface area contributed by atoms with Crippen molar-refractivity contribution in [3.8, 4) is 0 Å². The van der Waals surface area contributed by atoms with E-state index < -0.39 is 22.9 Å². The van der Waals surface area contributed by atoms with Crippen molar-refractivity contribution in [2.45, 2.75) is 11.6 Å². The van der Waals surface area contributed by atoms with Gasteiger partial charge in [0.15, 0.2) is 0 Å². The molecule has 0 aromatic heterocycles. The highest BCUT2D eigenvalue weighted by molar-refractivity contribution is 9.10. The molecule has 0 spiro atoms. The number of benzene rings is 2. The minimum atomic E-state index is -4.48. The SMILES string of the molecule is Fc1cc(Br)c(Cl)cc1C(Cl)c1cccc(C(F)(F)F)c1. The zero-order chi connectivity index (χ0) is 15.8. The summed E-state index contributed by atoms with van der Waals surface area (Å²) >= 11 is 15.0. The zero-order valence-electron chi connectivity index (χ0n) is 10.2. The van der Waals surface area contributed by atoms with Crippen molar-refractivity contribution in [1.82, 2.24) is 0 Å². The standard InChI is InChI=1S/C14H7BrCl2F4/c15-10-6-12(18)9(5-11(10)16)13(17)7-2-1-3-8(4-7)14(19,20)21/h1-6,13H. The first kappa shape index (κ1) is 16.6. The Hall–Kier alpha value is -0.780. The lowest BCUT2D eigenvalue weighted by Crippen LogP contribution is -2.06. The first-order chi connectivity index (χ1) is 9.70. The first-order valence-corrected chi connectivity index (χ1v) is 7.26. The molecule has 2 aromatic rings. The van der Waals surface area contributed by atoms with Crippen LogP contribution in [-0.2, 0) is 6.18 Å². The third-order valence-electron chi connectivity index (χ3n) is 2.82. The van der Waals surface area contributed by atoms with Gasteiger partial charge in [0.05, 0.1) is 16.0 Å². The van der Waals surface area contributed by atoms with Crippen LogP contribution in [0.2, 0.25) is 5.02 Å². The molecule has 0 amide bonds. The van der Waals surface area contributed by atoms with E-state index in [4.69, 9.17) is 23.2 Å². The highest BCUT2D eigenvalue weighted by atomic mass is 79.9. The van der Waals surface area contributed by atoms with Gasteiger partial charge in [-0.1, -0.05) is 23.7 Å². The molecule has 0 saturated carbocycles. The zero-order valence-corrected chi connectivity index (χ0v) is 13.3. The number of rotatable bonds is 2. The van der Waals surface area contributed by atoms with E-state index in [1.165, 1.54) is 18.2 Å². The van der Waals surface area contributed by atoms with Gasteiger partial charge in [0.2, 0.25) is 0 Å². The van der Waals surface area contributed by atoms with Crippen LogP contribution < -0.4 is 0 Å². The van der Waals surface area contributed by atoms with Crippen LogP contribution in [0.4, 0.5) is 17.6 Å². The second-order valence-electron chi connectivity index (χ2n) is 4.27. The minimum absolute atomic E-state index is 0.0178. The van der Waals surface area contributed by atoms with E-state index in [0.717, 1.165) is 18.2 Å². The summed E-state index contributed by atoms with van der Waals surface area (Å²) in [5.41, 5.74) is -0.678. The Morgan fingerprint density at radius 2 is 1.76 bits per heavy atom. The number of hydrogen-bond donors (Lipinski definition) is 0. The van der Waals surface area contributed by atoms with E-state index in [0.29, 0.717) is 4.47 Å². The topological polar surface area (TPSA) is 0 Å². The van der Waals surface area contributed by atoms with E-state index in [1.54, 1.807) is 0 Å². The maximum absolute atomic E-state index is 13.9. The van der Waals surface area contributed by atoms with Gasteiger partial charge in [-0.2, -0.15) is 13.2 Å². The molecule has 0 bridgehead atoms. The highest BCUT2D eigenvalue weighted by Crippen LogP contribution is 2.37. The summed E-state index contributed by atoms with van der Waals surface area (Å²) in [7, 11) is 0. The predicted octanol–water partition coefficient (Wildman–Crippen LogP) is 6.59. The normalized spacial score (nSPS) is 13.3. The summed E-state index contributed by atoms with van der Waals surface area (Å²) in [6.07, 6.45) is -4.48. The number of halogens is 7. The smallest absolute Gasteiger partial charge is 0.207 e. The van der Waals surface area contributed by atoms with Crippen molar-refractivity contribution in [1.29, 1.82) is 0 Å². The van der Waals surface area contributed by atoms with Gasteiger partial charge in [-0.3, -0.25) is 0 Å². The van der Waals surface area contributed by atoms with E-state index in [-0.39, 0.29) is 16.1 Å². The lowest BCUT2D eigenvalue weighted by atomic mass is 10.0. The summed E-state index contributed by atoms with van der Waals surface area (Å²) in [6, 6.07) is 6.87. The molecule has 0 aliphatic carbocycles. The fourth-order valence-corrected chi connectivity index (χ4v) is 2.57. The minimum Gasteiger partial charge on any atom is -0.207 e. The molecular weight excluding hydrogens is 395 g/mol. The fourth-order valence-electron chi connectivity index (χ4n) is 1.78. The number of hydrogen-bond acceptors (Lipinski definition) is 0. The third-order valence-corrected chi connectivity index (χ3v) is 4.50. The van der Waals surface area contributed by atoms with Crippen molar-refractivity contribution >= 4 is 39.1 Å². The molecule has 0 radical (unpaired) electrons. The van der Waals surface area contributed by atoms with Gasteiger partial charge in [-0.15, -0.1) is 11.6 Å². The van der Waals surface area contributed by atoms with E-state index in [1.807, 2.05) is 0 Å². The van der Waals surface area contributed by atoms with Gasteiger partial charge >= 0.3 is 6.18 Å². The van der Waals surface area contributed by atoms with Crippen LogP contribution in [0.25, 0.3) is 0 Å². The predicted molar refractivity (Wildman–Crippen MR) is 78.3 cm³/mol. The summed E-state index contributed by atoms with van der Waals surface area (Å²) in [5.74, 6) is -0.649. The molecular formula is C14H7BrCl2F4. The summed E-state index contributed by atoms with van der Waals surface area (Å²) in [6.45, 7) is 0. The van der Waals surface area contributed by atoms with Crippen molar-refractivity contribution in [2.24, 2.45) is 0 Å². The van der Waals surface area contributed by atoms with Crippen LogP contribution in [0.5, 0.6) is 0 Å². The maximum atomic E-state index is 13.9. The summed E-state index contributed by atoms with van der Waals surface area (Å²) in [4.78, 5) is 0. The van der Waals surface area contributed by atoms with Crippen LogP contribution in [-0.4, -0.2) is 0 Å². The average Bonchev–Trinajstić information content (AvgIpc) is 2.41. The van der Waals surface area contributed by atoms with Crippen LogP contribution >= 0.6 is 39.1 Å². The largest absolute Gasteiger partial charge is 0.416 e. The Kier molecular flexibility index (Phi) is 4.85. The molecule has 0 aliphatic rings. The third kappa shape index (κ3) is 3.71. The van der Waals surface area contributed by atoms with Gasteiger partial charge in [0, 0.05) is 10.0 Å². The second-order valence-corrected chi connectivity index (χ2v) is 5.97. The Labute approximate surface area is 136 Å². The molecule has 0 nitrogen and oxygen atoms in total. The maximum Gasteiger partial charge on any atom is 0.416 e.